The van der Waals surface area contributed by atoms with Gasteiger partial charge in [0.2, 0.25) is 0 Å². The number of thioether (sulfide) groups is 1. The molecule has 1 fully saturated rings. The quantitative estimate of drug-likeness (QED) is 0.861. The van der Waals surface area contributed by atoms with Crippen LogP contribution >= 0.6 is 11.8 Å². The Morgan fingerprint density at radius 3 is 2.94 bits per heavy atom. The Balaban J connectivity index is 1.87. The molecule has 1 aromatic rings. The van der Waals surface area contributed by atoms with Crippen molar-refractivity contribution in [3.63, 3.8) is 0 Å². The van der Waals surface area contributed by atoms with Crippen molar-refractivity contribution in [1.29, 1.82) is 0 Å². The topological polar surface area (TPSA) is 41.5 Å². The van der Waals surface area contributed by atoms with Crippen LogP contribution in [-0.4, -0.2) is 29.8 Å². The third-order valence-corrected chi connectivity index (χ3v) is 4.65. The molecular formula is C14H21NO2S. The molecule has 18 heavy (non-hydrogen) atoms. The van der Waals surface area contributed by atoms with E-state index in [9.17, 15) is 5.11 Å². The number of nitrogens with one attached hydrogen (secondary N) is 1. The number of aromatic hydroxyl groups is 1. The maximum atomic E-state index is 9.53. The maximum Gasteiger partial charge on any atom is 0.160 e. The minimum atomic E-state index is 0.199. The maximum absolute atomic E-state index is 9.53. The van der Waals surface area contributed by atoms with Crippen molar-refractivity contribution >= 4 is 11.8 Å². The first-order valence-corrected chi connectivity index (χ1v) is 7.63. The number of hydrogen-bond acceptors (Lipinski definition) is 4. The molecule has 0 bridgehead atoms. The summed E-state index contributed by atoms with van der Waals surface area (Å²) in [6.07, 6.45) is 6.03. The van der Waals surface area contributed by atoms with Crippen LogP contribution in [0, 0.1) is 0 Å². The second-order valence-electron chi connectivity index (χ2n) is 4.75. The summed E-state index contributed by atoms with van der Waals surface area (Å²) in [4.78, 5) is 0. The van der Waals surface area contributed by atoms with Crippen LogP contribution < -0.4 is 10.1 Å². The van der Waals surface area contributed by atoms with Crippen LogP contribution in [0.1, 0.15) is 24.8 Å². The lowest BCUT2D eigenvalue weighted by molar-refractivity contribution is 0.372. The monoisotopic (exact) mass is 267 g/mol. The van der Waals surface area contributed by atoms with E-state index < -0.39 is 0 Å². The molecule has 0 aliphatic heterocycles. The van der Waals surface area contributed by atoms with Gasteiger partial charge in [-0.25, -0.2) is 0 Å². The number of phenolic OH excluding ortho intramolecular Hbond substituents is 1. The largest absolute Gasteiger partial charge is 0.504 e. The molecule has 3 nitrogen and oxygen atoms in total. The predicted molar refractivity (Wildman–Crippen MR) is 76.4 cm³/mol. The zero-order chi connectivity index (χ0) is 13.0. The third-order valence-electron chi connectivity index (χ3n) is 3.56. The molecule has 0 spiro atoms. The summed E-state index contributed by atoms with van der Waals surface area (Å²) in [6.45, 7) is 0.836. The molecule has 100 valence electrons. The van der Waals surface area contributed by atoms with Gasteiger partial charge >= 0.3 is 0 Å². The molecule has 0 saturated heterocycles. The van der Waals surface area contributed by atoms with Crippen molar-refractivity contribution in [2.75, 3.05) is 13.4 Å². The SMILES string of the molecule is COc1cc(CNC2CCC(SC)C2)ccc1O. The number of rotatable bonds is 5. The van der Waals surface area contributed by atoms with E-state index >= 15 is 0 Å². The Kier molecular flexibility index (Phi) is 4.78. The van der Waals surface area contributed by atoms with Gasteiger partial charge in [0.05, 0.1) is 7.11 Å². The summed E-state index contributed by atoms with van der Waals surface area (Å²) in [7, 11) is 1.58. The van der Waals surface area contributed by atoms with Crippen molar-refractivity contribution in [2.24, 2.45) is 0 Å². The fourth-order valence-electron chi connectivity index (χ4n) is 2.43. The van der Waals surface area contributed by atoms with Crippen LogP contribution in [0.5, 0.6) is 11.5 Å². The van der Waals surface area contributed by atoms with Crippen molar-refractivity contribution in [2.45, 2.75) is 37.1 Å². The van der Waals surface area contributed by atoms with Crippen molar-refractivity contribution < 1.29 is 9.84 Å². The first-order chi connectivity index (χ1) is 8.72. The van der Waals surface area contributed by atoms with E-state index in [0.717, 1.165) is 17.4 Å². The predicted octanol–water partition coefficient (Wildman–Crippen LogP) is 2.77. The molecule has 2 unspecified atom stereocenters. The third kappa shape index (κ3) is 3.33. The van der Waals surface area contributed by atoms with Crippen LogP contribution in [-0.2, 0) is 6.54 Å². The Morgan fingerprint density at radius 1 is 1.44 bits per heavy atom. The van der Waals surface area contributed by atoms with Gasteiger partial charge in [-0.15, -0.1) is 0 Å². The van der Waals surface area contributed by atoms with Crippen molar-refractivity contribution in [3.8, 4) is 11.5 Å². The number of hydrogen-bond donors (Lipinski definition) is 2. The smallest absolute Gasteiger partial charge is 0.160 e. The van der Waals surface area contributed by atoms with Gasteiger partial charge in [0.25, 0.3) is 0 Å². The minimum absolute atomic E-state index is 0.199. The zero-order valence-electron chi connectivity index (χ0n) is 11.0. The van der Waals surface area contributed by atoms with Gasteiger partial charge in [-0.1, -0.05) is 6.07 Å². The summed E-state index contributed by atoms with van der Waals surface area (Å²) in [5.41, 5.74) is 1.15. The zero-order valence-corrected chi connectivity index (χ0v) is 11.8. The van der Waals surface area contributed by atoms with E-state index in [1.54, 1.807) is 13.2 Å². The highest BCUT2D eigenvalue weighted by Gasteiger charge is 2.23. The summed E-state index contributed by atoms with van der Waals surface area (Å²) in [5, 5.41) is 13.9. The standard InChI is InChI=1S/C14H21NO2S/c1-17-14-7-10(3-6-13(14)16)9-15-11-4-5-12(8-11)18-2/h3,6-7,11-12,15-16H,4-5,8-9H2,1-2H3. The van der Waals surface area contributed by atoms with Gasteiger partial charge in [0.1, 0.15) is 0 Å². The highest BCUT2D eigenvalue weighted by Crippen LogP contribution is 2.29. The molecule has 2 N–H and O–H groups in total. The summed E-state index contributed by atoms with van der Waals surface area (Å²) >= 11 is 1.97. The minimum Gasteiger partial charge on any atom is -0.504 e. The van der Waals surface area contributed by atoms with Gasteiger partial charge in [-0.2, -0.15) is 11.8 Å². The summed E-state index contributed by atoms with van der Waals surface area (Å²) in [5.74, 6) is 0.743. The molecule has 2 rings (SSSR count). The number of phenols is 1. The lowest BCUT2D eigenvalue weighted by atomic mass is 10.1. The molecule has 0 radical (unpaired) electrons. The lowest BCUT2D eigenvalue weighted by Gasteiger charge is -2.13. The van der Waals surface area contributed by atoms with Gasteiger partial charge < -0.3 is 15.2 Å². The molecular weight excluding hydrogens is 246 g/mol. The van der Waals surface area contributed by atoms with E-state index in [1.165, 1.54) is 19.3 Å². The van der Waals surface area contributed by atoms with E-state index in [4.69, 9.17) is 4.74 Å². The fourth-order valence-corrected chi connectivity index (χ4v) is 3.23. The van der Waals surface area contributed by atoms with Gasteiger partial charge in [0.15, 0.2) is 11.5 Å². The second kappa shape index (κ2) is 6.34. The van der Waals surface area contributed by atoms with Crippen LogP contribution in [0.25, 0.3) is 0 Å². The average molecular weight is 267 g/mol. The Labute approximate surface area is 113 Å². The molecule has 1 saturated carbocycles. The first-order valence-electron chi connectivity index (χ1n) is 6.35. The van der Waals surface area contributed by atoms with Crippen LogP contribution in [0.3, 0.4) is 0 Å². The number of methoxy groups -OCH3 is 1. The van der Waals surface area contributed by atoms with E-state index in [1.807, 2.05) is 23.9 Å². The Morgan fingerprint density at radius 2 is 2.28 bits per heavy atom. The first kappa shape index (κ1) is 13.6. The highest BCUT2D eigenvalue weighted by atomic mass is 32.2. The van der Waals surface area contributed by atoms with Crippen LogP contribution in [0.4, 0.5) is 0 Å². The molecule has 4 heteroatoms. The lowest BCUT2D eigenvalue weighted by Crippen LogP contribution is -2.26. The van der Waals surface area contributed by atoms with E-state index in [2.05, 4.69) is 11.6 Å². The van der Waals surface area contributed by atoms with E-state index in [-0.39, 0.29) is 5.75 Å². The Bertz CT molecular complexity index is 397. The summed E-state index contributed by atoms with van der Waals surface area (Å²) < 4.78 is 5.11. The molecule has 0 amide bonds. The van der Waals surface area contributed by atoms with E-state index in [0.29, 0.717) is 11.8 Å². The fraction of sp³-hybridized carbons (Fsp3) is 0.571. The number of ether oxygens (including phenoxy) is 1. The highest BCUT2D eigenvalue weighted by molar-refractivity contribution is 7.99. The molecule has 2 atom stereocenters. The van der Waals surface area contributed by atoms with Crippen molar-refractivity contribution in [3.05, 3.63) is 23.8 Å². The molecule has 0 aromatic heterocycles. The Hall–Kier alpha value is -0.870. The van der Waals surface area contributed by atoms with Crippen LogP contribution in [0.2, 0.25) is 0 Å². The molecule has 0 heterocycles. The van der Waals surface area contributed by atoms with Crippen LogP contribution in [0.15, 0.2) is 18.2 Å². The van der Waals surface area contributed by atoms with Crippen molar-refractivity contribution in [1.82, 2.24) is 5.32 Å². The average Bonchev–Trinajstić information content (AvgIpc) is 2.86. The number of benzene rings is 1. The second-order valence-corrected chi connectivity index (χ2v) is 5.89. The normalized spacial score (nSPS) is 23.2. The van der Waals surface area contributed by atoms with Gasteiger partial charge in [-0.05, 0) is 43.2 Å². The molecule has 1 aliphatic carbocycles. The van der Waals surface area contributed by atoms with Gasteiger partial charge in [0, 0.05) is 17.8 Å². The molecule has 1 aliphatic rings. The summed E-state index contributed by atoms with van der Waals surface area (Å²) in [6, 6.07) is 6.15. The van der Waals surface area contributed by atoms with Gasteiger partial charge in [-0.3, -0.25) is 0 Å². The molecule has 1 aromatic carbocycles.